The third kappa shape index (κ3) is 4.52. The number of nitrogens with one attached hydrogen (secondary N) is 1. The molecular formula is C19H19ClFNO4. The van der Waals surface area contributed by atoms with E-state index in [1.165, 1.54) is 26.2 Å². The average molecular weight is 380 g/mol. The molecule has 0 saturated heterocycles. The van der Waals surface area contributed by atoms with Crippen LogP contribution in [0.25, 0.3) is 0 Å². The van der Waals surface area contributed by atoms with E-state index < -0.39 is 23.8 Å². The quantitative estimate of drug-likeness (QED) is 0.787. The van der Waals surface area contributed by atoms with Crippen LogP contribution in [0.4, 0.5) is 10.1 Å². The maximum absolute atomic E-state index is 13.6. The minimum Gasteiger partial charge on any atom is -0.495 e. The van der Waals surface area contributed by atoms with Crippen molar-refractivity contribution in [3.05, 3.63) is 57.9 Å². The van der Waals surface area contributed by atoms with Gasteiger partial charge >= 0.3 is 5.97 Å². The minimum absolute atomic E-state index is 0.0349. The molecule has 2 aromatic carbocycles. The fourth-order valence-corrected chi connectivity index (χ4v) is 2.32. The van der Waals surface area contributed by atoms with Gasteiger partial charge in [0, 0.05) is 11.1 Å². The first-order valence-corrected chi connectivity index (χ1v) is 8.23. The number of hydrogen-bond donors (Lipinski definition) is 1. The van der Waals surface area contributed by atoms with Crippen LogP contribution in [-0.2, 0) is 9.53 Å². The summed E-state index contributed by atoms with van der Waals surface area (Å²) in [6, 6.07) is 7.23. The molecule has 0 aliphatic heterocycles. The molecule has 1 amide bonds. The van der Waals surface area contributed by atoms with E-state index >= 15 is 0 Å². The van der Waals surface area contributed by atoms with Crippen molar-refractivity contribution in [1.29, 1.82) is 0 Å². The summed E-state index contributed by atoms with van der Waals surface area (Å²) in [4.78, 5) is 24.4. The first-order valence-electron chi connectivity index (χ1n) is 7.85. The van der Waals surface area contributed by atoms with Crippen molar-refractivity contribution < 1.29 is 23.5 Å². The molecule has 0 bridgehead atoms. The largest absolute Gasteiger partial charge is 0.495 e. The van der Waals surface area contributed by atoms with Crippen LogP contribution in [0, 0.1) is 19.7 Å². The Bertz CT molecular complexity index is 854. The maximum atomic E-state index is 13.6. The van der Waals surface area contributed by atoms with Gasteiger partial charge in [0.15, 0.2) is 6.10 Å². The van der Waals surface area contributed by atoms with Crippen LogP contribution in [-0.4, -0.2) is 25.1 Å². The average Bonchev–Trinajstić information content (AvgIpc) is 2.59. The summed E-state index contributed by atoms with van der Waals surface area (Å²) in [6.45, 7) is 4.79. The topological polar surface area (TPSA) is 64.6 Å². The summed E-state index contributed by atoms with van der Waals surface area (Å²) in [7, 11) is 1.45. The third-order valence-corrected chi connectivity index (χ3v) is 4.21. The van der Waals surface area contributed by atoms with Crippen LogP contribution in [0.2, 0.25) is 5.02 Å². The normalized spacial score (nSPS) is 11.6. The van der Waals surface area contributed by atoms with E-state index in [1.54, 1.807) is 26.0 Å². The van der Waals surface area contributed by atoms with Gasteiger partial charge in [-0.3, -0.25) is 4.79 Å². The van der Waals surface area contributed by atoms with Crippen LogP contribution in [0.3, 0.4) is 0 Å². The number of hydrogen-bond acceptors (Lipinski definition) is 4. The molecule has 5 nitrogen and oxygen atoms in total. The number of benzene rings is 2. The summed E-state index contributed by atoms with van der Waals surface area (Å²) in [5.74, 6) is -1.47. The molecule has 0 saturated carbocycles. The zero-order valence-corrected chi connectivity index (χ0v) is 15.6. The van der Waals surface area contributed by atoms with Gasteiger partial charge in [-0.25, -0.2) is 9.18 Å². The molecule has 7 heteroatoms. The predicted octanol–water partition coefficient (Wildman–Crippen LogP) is 4.29. The summed E-state index contributed by atoms with van der Waals surface area (Å²) in [5.41, 5.74) is 1.61. The molecule has 0 radical (unpaired) electrons. The summed E-state index contributed by atoms with van der Waals surface area (Å²) >= 11 is 6.03. The van der Waals surface area contributed by atoms with E-state index in [4.69, 9.17) is 21.1 Å². The number of amides is 1. The van der Waals surface area contributed by atoms with Crippen molar-refractivity contribution in [2.75, 3.05) is 12.4 Å². The van der Waals surface area contributed by atoms with Crippen molar-refractivity contribution >= 4 is 29.2 Å². The summed E-state index contributed by atoms with van der Waals surface area (Å²) in [6.07, 6.45) is -1.09. The van der Waals surface area contributed by atoms with Gasteiger partial charge in [-0.2, -0.15) is 0 Å². The third-order valence-electron chi connectivity index (χ3n) is 3.80. The van der Waals surface area contributed by atoms with E-state index in [0.29, 0.717) is 22.0 Å². The molecule has 0 aliphatic carbocycles. The van der Waals surface area contributed by atoms with Gasteiger partial charge in [0.25, 0.3) is 5.91 Å². The SMILES string of the molecule is COc1cc(Cl)c(C)cc1NC(=O)C(C)OC(=O)c1ccc(C)c(F)c1. The van der Waals surface area contributed by atoms with Crippen LogP contribution < -0.4 is 10.1 Å². The number of aryl methyl sites for hydroxylation is 2. The van der Waals surface area contributed by atoms with Gasteiger partial charge in [0.1, 0.15) is 11.6 Å². The zero-order valence-electron chi connectivity index (χ0n) is 14.9. The molecular weight excluding hydrogens is 361 g/mol. The van der Waals surface area contributed by atoms with E-state index in [0.717, 1.165) is 11.6 Å². The smallest absolute Gasteiger partial charge is 0.339 e. The van der Waals surface area contributed by atoms with Gasteiger partial charge in [-0.05, 0) is 50.1 Å². The van der Waals surface area contributed by atoms with Crippen molar-refractivity contribution in [2.24, 2.45) is 0 Å². The lowest BCUT2D eigenvalue weighted by atomic mass is 10.1. The highest BCUT2D eigenvalue weighted by molar-refractivity contribution is 6.31. The van der Waals surface area contributed by atoms with Gasteiger partial charge in [-0.1, -0.05) is 17.7 Å². The Kier molecular flexibility index (Phi) is 6.21. The molecule has 1 N–H and O–H groups in total. The van der Waals surface area contributed by atoms with Gasteiger partial charge < -0.3 is 14.8 Å². The van der Waals surface area contributed by atoms with Crippen LogP contribution >= 0.6 is 11.6 Å². The maximum Gasteiger partial charge on any atom is 0.339 e. The predicted molar refractivity (Wildman–Crippen MR) is 97.4 cm³/mol. The molecule has 2 aromatic rings. The molecule has 0 aliphatic rings. The van der Waals surface area contributed by atoms with Gasteiger partial charge in [0.2, 0.25) is 0 Å². The highest BCUT2D eigenvalue weighted by Gasteiger charge is 2.21. The standard InChI is InChI=1S/C19H19ClFNO4/c1-10-5-6-13(8-15(10)21)19(24)26-12(3)18(23)22-16-7-11(2)14(20)9-17(16)25-4/h5-9,12H,1-4H3,(H,22,23). The minimum atomic E-state index is -1.09. The molecule has 1 unspecified atom stereocenters. The van der Waals surface area contributed by atoms with Gasteiger partial charge in [-0.15, -0.1) is 0 Å². The fraction of sp³-hybridized carbons (Fsp3) is 0.263. The van der Waals surface area contributed by atoms with Crippen LogP contribution in [0.15, 0.2) is 30.3 Å². The molecule has 26 heavy (non-hydrogen) atoms. The Labute approximate surface area is 156 Å². The van der Waals surface area contributed by atoms with Crippen LogP contribution in [0.1, 0.15) is 28.4 Å². The highest BCUT2D eigenvalue weighted by Crippen LogP contribution is 2.31. The Morgan fingerprint density at radius 1 is 1.15 bits per heavy atom. The van der Waals surface area contributed by atoms with E-state index in [1.807, 2.05) is 0 Å². The molecule has 0 fully saturated rings. The number of ether oxygens (including phenoxy) is 2. The number of carbonyl (C=O) groups is 2. The van der Waals surface area contributed by atoms with Crippen LogP contribution in [0.5, 0.6) is 5.75 Å². The Morgan fingerprint density at radius 3 is 2.46 bits per heavy atom. The Balaban J connectivity index is 2.09. The van der Waals surface area contributed by atoms with Crippen molar-refractivity contribution in [3.63, 3.8) is 0 Å². The molecule has 0 spiro atoms. The molecule has 0 aromatic heterocycles. The van der Waals surface area contributed by atoms with Crippen molar-refractivity contribution in [2.45, 2.75) is 26.9 Å². The lowest BCUT2D eigenvalue weighted by Crippen LogP contribution is -2.30. The molecule has 2 rings (SSSR count). The lowest BCUT2D eigenvalue weighted by Gasteiger charge is -2.16. The Morgan fingerprint density at radius 2 is 1.85 bits per heavy atom. The summed E-state index contributed by atoms with van der Waals surface area (Å²) < 4.78 is 23.9. The number of halogens is 2. The number of methoxy groups -OCH3 is 1. The number of carbonyl (C=O) groups excluding carboxylic acids is 2. The van der Waals surface area contributed by atoms with Crippen molar-refractivity contribution in [3.8, 4) is 5.75 Å². The van der Waals surface area contributed by atoms with E-state index in [-0.39, 0.29) is 5.56 Å². The molecule has 0 heterocycles. The second-order valence-corrected chi connectivity index (χ2v) is 6.21. The Hall–Kier alpha value is -2.60. The molecule has 1 atom stereocenters. The number of anilines is 1. The highest BCUT2D eigenvalue weighted by atomic mass is 35.5. The molecule has 138 valence electrons. The number of rotatable bonds is 5. The first kappa shape index (κ1) is 19.7. The second-order valence-electron chi connectivity index (χ2n) is 5.80. The van der Waals surface area contributed by atoms with Gasteiger partial charge in [0.05, 0.1) is 18.4 Å². The van der Waals surface area contributed by atoms with E-state index in [2.05, 4.69) is 5.32 Å². The summed E-state index contributed by atoms with van der Waals surface area (Å²) in [5, 5.41) is 3.13. The fourth-order valence-electron chi connectivity index (χ4n) is 2.17. The van der Waals surface area contributed by atoms with Crippen molar-refractivity contribution in [1.82, 2.24) is 0 Å². The first-order chi connectivity index (χ1) is 12.2. The zero-order chi connectivity index (χ0) is 19.4. The monoisotopic (exact) mass is 379 g/mol. The van der Waals surface area contributed by atoms with E-state index in [9.17, 15) is 14.0 Å². The number of esters is 1. The lowest BCUT2D eigenvalue weighted by molar-refractivity contribution is -0.123. The second kappa shape index (κ2) is 8.19.